The van der Waals surface area contributed by atoms with Crippen molar-refractivity contribution in [1.29, 1.82) is 0 Å². The third kappa shape index (κ3) is 4.01. The number of pyridine rings is 1. The molecule has 0 aromatic carbocycles. The number of halogens is 1. The fourth-order valence-corrected chi connectivity index (χ4v) is 1.22. The zero-order chi connectivity index (χ0) is 12.7. The van der Waals surface area contributed by atoms with Crippen LogP contribution in [0.25, 0.3) is 0 Å². The van der Waals surface area contributed by atoms with Crippen molar-refractivity contribution in [1.82, 2.24) is 4.98 Å². The van der Waals surface area contributed by atoms with Gasteiger partial charge in [0.15, 0.2) is 0 Å². The predicted molar refractivity (Wildman–Crippen MR) is 60.5 cm³/mol. The second-order valence-electron chi connectivity index (χ2n) is 3.42. The van der Waals surface area contributed by atoms with E-state index in [1.165, 1.54) is 18.5 Å². The Morgan fingerprint density at radius 3 is 2.88 bits per heavy atom. The van der Waals surface area contributed by atoms with Gasteiger partial charge in [0, 0.05) is 11.8 Å². The van der Waals surface area contributed by atoms with Crippen LogP contribution in [0.4, 0.5) is 4.39 Å². The predicted octanol–water partition coefficient (Wildman–Crippen LogP) is 2.44. The summed E-state index contributed by atoms with van der Waals surface area (Å²) < 4.78 is 23.5. The van der Waals surface area contributed by atoms with E-state index in [0.29, 0.717) is 12.4 Å². The second-order valence-corrected chi connectivity index (χ2v) is 3.42. The van der Waals surface area contributed by atoms with E-state index in [9.17, 15) is 9.18 Å². The normalized spacial score (nSPS) is 11.9. The second kappa shape index (κ2) is 6.83. The number of hydrogen-bond donors (Lipinski definition) is 0. The molecular formula is C12H16FNO3. The van der Waals surface area contributed by atoms with Crippen molar-refractivity contribution in [3.8, 4) is 5.75 Å². The van der Waals surface area contributed by atoms with Gasteiger partial charge in [-0.05, 0) is 19.4 Å². The first-order valence-electron chi connectivity index (χ1n) is 5.57. The quantitative estimate of drug-likeness (QED) is 0.718. The summed E-state index contributed by atoms with van der Waals surface area (Å²) in [5, 5.41) is 0. The average molecular weight is 241 g/mol. The molecule has 0 aliphatic rings. The lowest BCUT2D eigenvalue weighted by Crippen LogP contribution is -2.12. The van der Waals surface area contributed by atoms with Gasteiger partial charge in [0.25, 0.3) is 0 Å². The smallest absolute Gasteiger partial charge is 0.345 e. The molecule has 5 heteroatoms. The van der Waals surface area contributed by atoms with Crippen molar-refractivity contribution in [2.24, 2.45) is 0 Å². The minimum atomic E-state index is -1.81. The van der Waals surface area contributed by atoms with Crippen molar-refractivity contribution in [3.05, 3.63) is 24.0 Å². The van der Waals surface area contributed by atoms with Gasteiger partial charge in [0.2, 0.25) is 6.17 Å². The lowest BCUT2D eigenvalue weighted by atomic mass is 10.2. The largest absolute Gasteiger partial charge is 0.492 e. The van der Waals surface area contributed by atoms with Crippen LogP contribution in [-0.2, 0) is 9.53 Å². The summed E-state index contributed by atoms with van der Waals surface area (Å²) >= 11 is 0. The molecule has 0 spiro atoms. The fraction of sp³-hybridized carbons (Fsp3) is 0.500. The monoisotopic (exact) mass is 241 g/mol. The van der Waals surface area contributed by atoms with E-state index in [0.717, 1.165) is 6.42 Å². The molecule has 0 bridgehead atoms. The summed E-state index contributed by atoms with van der Waals surface area (Å²) in [5.74, 6) is -0.446. The third-order valence-corrected chi connectivity index (χ3v) is 1.99. The summed E-state index contributed by atoms with van der Waals surface area (Å²) in [7, 11) is 0. The Kier molecular flexibility index (Phi) is 5.39. The molecule has 0 aliphatic heterocycles. The maximum atomic E-state index is 13.6. The number of hydrogen-bond acceptors (Lipinski definition) is 4. The molecule has 0 N–H and O–H groups in total. The molecule has 1 rings (SSSR count). The summed E-state index contributed by atoms with van der Waals surface area (Å²) in [6, 6.07) is 1.46. The highest BCUT2D eigenvalue weighted by Crippen LogP contribution is 2.22. The Morgan fingerprint density at radius 1 is 1.47 bits per heavy atom. The molecule has 0 amide bonds. The number of ether oxygens (including phenoxy) is 2. The summed E-state index contributed by atoms with van der Waals surface area (Å²) in [5.41, 5.74) is 0.150. The van der Waals surface area contributed by atoms with Crippen LogP contribution in [0.2, 0.25) is 0 Å². The van der Waals surface area contributed by atoms with Gasteiger partial charge in [-0.2, -0.15) is 0 Å². The van der Waals surface area contributed by atoms with Gasteiger partial charge in [-0.25, -0.2) is 9.18 Å². The molecule has 0 radical (unpaired) electrons. The fourth-order valence-electron chi connectivity index (χ4n) is 1.22. The van der Waals surface area contributed by atoms with E-state index in [1.54, 1.807) is 6.92 Å². The molecule has 1 atom stereocenters. The minimum Gasteiger partial charge on any atom is -0.492 e. The molecule has 94 valence electrons. The lowest BCUT2D eigenvalue weighted by molar-refractivity contribution is -0.149. The Balaban J connectivity index is 2.72. The summed E-state index contributed by atoms with van der Waals surface area (Å²) in [6.07, 6.45) is 1.81. The maximum absolute atomic E-state index is 13.6. The zero-order valence-corrected chi connectivity index (χ0v) is 9.98. The molecule has 1 aromatic rings. The van der Waals surface area contributed by atoms with E-state index in [2.05, 4.69) is 9.72 Å². The van der Waals surface area contributed by atoms with E-state index in [-0.39, 0.29) is 12.2 Å². The van der Waals surface area contributed by atoms with Crippen LogP contribution in [0.3, 0.4) is 0 Å². The number of esters is 1. The topological polar surface area (TPSA) is 48.4 Å². The summed E-state index contributed by atoms with van der Waals surface area (Å²) in [6.45, 7) is 4.28. The Bertz CT molecular complexity index is 371. The van der Waals surface area contributed by atoms with Gasteiger partial charge in [-0.15, -0.1) is 0 Å². The zero-order valence-electron chi connectivity index (χ0n) is 9.98. The Morgan fingerprint density at radius 2 is 2.24 bits per heavy atom. The van der Waals surface area contributed by atoms with E-state index < -0.39 is 12.1 Å². The first kappa shape index (κ1) is 13.4. The summed E-state index contributed by atoms with van der Waals surface area (Å²) in [4.78, 5) is 15.0. The molecule has 0 saturated heterocycles. The maximum Gasteiger partial charge on any atom is 0.345 e. The minimum absolute atomic E-state index is 0.150. The molecule has 1 aromatic heterocycles. The van der Waals surface area contributed by atoms with E-state index in [1.807, 2.05) is 6.92 Å². The molecule has 0 aliphatic carbocycles. The van der Waals surface area contributed by atoms with Gasteiger partial charge in [0.05, 0.1) is 19.4 Å². The average Bonchev–Trinajstić information content (AvgIpc) is 2.36. The van der Waals surface area contributed by atoms with Crippen molar-refractivity contribution < 1.29 is 18.7 Å². The first-order chi connectivity index (χ1) is 8.19. The van der Waals surface area contributed by atoms with Gasteiger partial charge in [-0.3, -0.25) is 4.98 Å². The molecule has 1 unspecified atom stereocenters. The highest BCUT2D eigenvalue weighted by atomic mass is 19.1. The Hall–Kier alpha value is -1.65. The van der Waals surface area contributed by atoms with Crippen LogP contribution < -0.4 is 4.74 Å². The number of carbonyl (C=O) groups excluding carboxylic acids is 1. The lowest BCUT2D eigenvalue weighted by Gasteiger charge is -2.09. The number of alkyl halides is 1. The molecule has 1 heterocycles. The van der Waals surface area contributed by atoms with Crippen LogP contribution in [-0.4, -0.2) is 24.2 Å². The first-order valence-corrected chi connectivity index (χ1v) is 5.57. The number of aromatic nitrogens is 1. The highest BCUT2D eigenvalue weighted by molar-refractivity contribution is 5.76. The highest BCUT2D eigenvalue weighted by Gasteiger charge is 2.21. The molecular weight excluding hydrogens is 225 g/mol. The molecule has 4 nitrogen and oxygen atoms in total. The molecule has 0 fully saturated rings. The Labute approximate surface area is 99.8 Å². The van der Waals surface area contributed by atoms with Crippen LogP contribution in [0.5, 0.6) is 5.75 Å². The van der Waals surface area contributed by atoms with Crippen molar-refractivity contribution >= 4 is 5.97 Å². The standard InChI is InChI=1S/C12H16FNO3/c1-3-5-17-10-6-9(7-14-8-10)11(13)12(15)16-4-2/h6-8,11H,3-5H2,1-2H3. The van der Waals surface area contributed by atoms with E-state index >= 15 is 0 Å². The van der Waals surface area contributed by atoms with Crippen molar-refractivity contribution in [2.75, 3.05) is 13.2 Å². The molecule has 17 heavy (non-hydrogen) atoms. The van der Waals surface area contributed by atoms with Crippen LogP contribution in [0.1, 0.15) is 32.0 Å². The van der Waals surface area contributed by atoms with E-state index in [4.69, 9.17) is 4.74 Å². The number of rotatable bonds is 6. The van der Waals surface area contributed by atoms with Crippen LogP contribution in [0, 0.1) is 0 Å². The van der Waals surface area contributed by atoms with Crippen LogP contribution >= 0.6 is 0 Å². The van der Waals surface area contributed by atoms with Crippen LogP contribution in [0.15, 0.2) is 18.5 Å². The van der Waals surface area contributed by atoms with Gasteiger partial charge < -0.3 is 9.47 Å². The SMILES string of the molecule is CCCOc1cncc(C(F)C(=O)OCC)c1. The van der Waals surface area contributed by atoms with Gasteiger partial charge in [-0.1, -0.05) is 6.92 Å². The van der Waals surface area contributed by atoms with Gasteiger partial charge >= 0.3 is 5.97 Å². The van der Waals surface area contributed by atoms with Crippen molar-refractivity contribution in [2.45, 2.75) is 26.4 Å². The number of carbonyl (C=O) groups is 1. The number of nitrogens with zero attached hydrogens (tertiary/aromatic N) is 1. The third-order valence-electron chi connectivity index (χ3n) is 1.99. The molecule has 0 saturated carbocycles. The van der Waals surface area contributed by atoms with Crippen molar-refractivity contribution in [3.63, 3.8) is 0 Å². The van der Waals surface area contributed by atoms with Gasteiger partial charge in [0.1, 0.15) is 5.75 Å².